The molecule has 2 aliphatic heterocycles. The molecule has 4 atom stereocenters. The minimum absolute atomic E-state index is 0.262. The molecule has 4 aliphatic rings. The molecule has 0 aromatic carbocycles. The van der Waals surface area contributed by atoms with Crippen LogP contribution in [0.2, 0.25) is 0 Å². The second-order valence-corrected chi connectivity index (χ2v) is 8.09. The van der Waals surface area contributed by atoms with E-state index in [0.717, 1.165) is 37.7 Å². The number of rotatable bonds is 4. The van der Waals surface area contributed by atoms with Gasteiger partial charge in [0, 0.05) is 5.88 Å². The van der Waals surface area contributed by atoms with E-state index in [1.165, 1.54) is 17.6 Å². The molecule has 0 spiro atoms. The highest BCUT2D eigenvalue weighted by molar-refractivity contribution is 6.18. The largest absolute Gasteiger partial charge is 0.453 e. The second kappa shape index (κ2) is 5.85. The van der Waals surface area contributed by atoms with Crippen LogP contribution < -0.4 is 5.32 Å². The summed E-state index contributed by atoms with van der Waals surface area (Å²) in [6.07, 6.45) is 7.55. The predicted molar refractivity (Wildman–Crippen MR) is 93.0 cm³/mol. The number of aliphatic hydroxyl groups is 1. The second-order valence-electron chi connectivity index (χ2n) is 7.71. The van der Waals surface area contributed by atoms with Crippen LogP contribution in [0.4, 0.5) is 0 Å². The van der Waals surface area contributed by atoms with Crippen molar-refractivity contribution in [2.75, 3.05) is 5.88 Å². The van der Waals surface area contributed by atoms with Gasteiger partial charge in [0.1, 0.15) is 6.10 Å². The van der Waals surface area contributed by atoms with Crippen molar-refractivity contribution >= 4 is 23.5 Å². The van der Waals surface area contributed by atoms with Gasteiger partial charge in [-0.05, 0) is 63.0 Å². The molecule has 0 radical (unpaired) electrons. The number of alkyl halides is 1. The number of amides is 1. The summed E-state index contributed by atoms with van der Waals surface area (Å²) < 4.78 is 5.45. The van der Waals surface area contributed by atoms with Gasteiger partial charge in [-0.3, -0.25) is 4.79 Å². The zero-order valence-corrected chi connectivity index (χ0v) is 15.2. The van der Waals surface area contributed by atoms with Gasteiger partial charge >= 0.3 is 5.97 Å². The number of fused-ring (bicyclic) bond motifs is 1. The number of carbonyl (C=O) groups excluding carboxylic acids is 2. The third-order valence-corrected chi connectivity index (χ3v) is 6.77. The molecule has 0 aromatic rings. The minimum Gasteiger partial charge on any atom is -0.453 e. The molecule has 136 valence electrons. The fourth-order valence-electron chi connectivity index (χ4n) is 5.16. The molecule has 0 aromatic heterocycles. The van der Waals surface area contributed by atoms with Gasteiger partial charge in [-0.1, -0.05) is 11.6 Å². The molecule has 2 N–H and O–H groups in total. The van der Waals surface area contributed by atoms with E-state index < -0.39 is 29.1 Å². The molecule has 4 rings (SSSR count). The van der Waals surface area contributed by atoms with E-state index in [2.05, 4.69) is 5.32 Å². The number of allylic oxidation sites excluding steroid dienone is 2. The summed E-state index contributed by atoms with van der Waals surface area (Å²) in [5, 5.41) is 14.1. The Morgan fingerprint density at radius 3 is 2.84 bits per heavy atom. The number of nitrogens with one attached hydrogen (secondary N) is 1. The van der Waals surface area contributed by atoms with Crippen molar-refractivity contribution in [2.45, 2.75) is 69.1 Å². The maximum Gasteiger partial charge on any atom is 0.339 e. The molecule has 2 heterocycles. The first-order valence-corrected chi connectivity index (χ1v) is 9.70. The quantitative estimate of drug-likeness (QED) is 0.592. The van der Waals surface area contributed by atoms with Gasteiger partial charge < -0.3 is 15.2 Å². The molecule has 25 heavy (non-hydrogen) atoms. The Morgan fingerprint density at radius 1 is 1.36 bits per heavy atom. The lowest BCUT2D eigenvalue weighted by atomic mass is 9.64. The summed E-state index contributed by atoms with van der Waals surface area (Å²) >= 11 is 5.85. The Kier molecular flexibility index (Phi) is 4.00. The minimum atomic E-state index is -1.39. The van der Waals surface area contributed by atoms with Crippen molar-refractivity contribution in [3.63, 3.8) is 0 Å². The lowest BCUT2D eigenvalue weighted by Gasteiger charge is -2.54. The number of hydrogen-bond donors (Lipinski definition) is 2. The fourth-order valence-corrected chi connectivity index (χ4v) is 5.38. The maximum atomic E-state index is 12.5. The summed E-state index contributed by atoms with van der Waals surface area (Å²) in [6, 6.07) is 0. The van der Waals surface area contributed by atoms with Crippen LogP contribution in [0.5, 0.6) is 0 Å². The van der Waals surface area contributed by atoms with Gasteiger partial charge in [-0.15, -0.1) is 11.6 Å². The van der Waals surface area contributed by atoms with Crippen molar-refractivity contribution < 1.29 is 19.4 Å². The van der Waals surface area contributed by atoms with Crippen molar-refractivity contribution in [2.24, 2.45) is 5.92 Å². The van der Waals surface area contributed by atoms with Crippen LogP contribution >= 0.6 is 11.6 Å². The topological polar surface area (TPSA) is 75.6 Å². The first kappa shape index (κ1) is 17.1. The van der Waals surface area contributed by atoms with Crippen LogP contribution in [0.3, 0.4) is 0 Å². The Balaban J connectivity index is 1.73. The normalized spacial score (nSPS) is 38.2. The number of hydrogen-bond acceptors (Lipinski definition) is 4. The highest BCUT2D eigenvalue weighted by Gasteiger charge is 2.79. The summed E-state index contributed by atoms with van der Waals surface area (Å²) in [7, 11) is 0. The summed E-state index contributed by atoms with van der Waals surface area (Å²) in [6.45, 7) is 1.74. The van der Waals surface area contributed by atoms with Crippen LogP contribution in [-0.2, 0) is 14.3 Å². The fraction of sp³-hybridized carbons (Fsp3) is 0.684. The number of esters is 1. The standard InChI is InChI=1S/C19H24ClNO4/c1-18-14(9-10-20)16(23)21-19(18,17(24)25-18)15(22)13-8-4-6-11-5-2-3-7-12(11)13/h8,14-15,22H,2-7,9-10H2,1H3,(H,21,23)/t14-,15-,18-,19-/m0/s1. The maximum absolute atomic E-state index is 12.5. The van der Waals surface area contributed by atoms with Crippen LogP contribution in [0.1, 0.15) is 51.9 Å². The van der Waals surface area contributed by atoms with E-state index in [4.69, 9.17) is 16.3 Å². The molecule has 5 nitrogen and oxygen atoms in total. The molecule has 2 fully saturated rings. The average Bonchev–Trinajstić information content (AvgIpc) is 2.79. The van der Waals surface area contributed by atoms with Crippen LogP contribution in [0, 0.1) is 5.92 Å². The monoisotopic (exact) mass is 365 g/mol. The zero-order chi connectivity index (χ0) is 17.8. The molecular weight excluding hydrogens is 342 g/mol. The summed E-state index contributed by atoms with van der Waals surface area (Å²) in [5.41, 5.74) is 0.963. The molecule has 1 amide bonds. The molecule has 0 bridgehead atoms. The van der Waals surface area contributed by atoms with E-state index in [9.17, 15) is 14.7 Å². The number of ether oxygens (including phenoxy) is 1. The van der Waals surface area contributed by atoms with Crippen LogP contribution in [0.15, 0.2) is 22.8 Å². The van der Waals surface area contributed by atoms with Crippen LogP contribution in [-0.4, -0.2) is 40.1 Å². The van der Waals surface area contributed by atoms with Crippen LogP contribution in [0.25, 0.3) is 0 Å². The third-order valence-electron chi connectivity index (χ3n) is 6.55. The molecule has 2 aliphatic carbocycles. The molecule has 0 unspecified atom stereocenters. The third kappa shape index (κ3) is 2.12. The Labute approximate surface area is 152 Å². The average molecular weight is 366 g/mol. The van der Waals surface area contributed by atoms with Crippen molar-refractivity contribution in [3.05, 3.63) is 22.8 Å². The lowest BCUT2D eigenvalue weighted by molar-refractivity contribution is -0.231. The van der Waals surface area contributed by atoms with E-state index in [1.54, 1.807) is 6.92 Å². The highest BCUT2D eigenvalue weighted by atomic mass is 35.5. The molecule has 6 heteroatoms. The highest BCUT2D eigenvalue weighted by Crippen LogP contribution is 2.54. The predicted octanol–water partition coefficient (Wildman–Crippen LogP) is 2.37. The van der Waals surface area contributed by atoms with E-state index in [1.807, 2.05) is 6.08 Å². The first-order valence-electron chi connectivity index (χ1n) is 9.16. The van der Waals surface area contributed by atoms with Crippen molar-refractivity contribution in [1.82, 2.24) is 5.32 Å². The number of carbonyl (C=O) groups is 2. The van der Waals surface area contributed by atoms with Crippen molar-refractivity contribution in [1.29, 1.82) is 0 Å². The molecule has 2 saturated heterocycles. The van der Waals surface area contributed by atoms with Gasteiger partial charge in [-0.25, -0.2) is 4.79 Å². The number of halogens is 1. The molecular formula is C19H24ClNO4. The Morgan fingerprint density at radius 2 is 2.12 bits per heavy atom. The lowest BCUT2D eigenvalue weighted by Crippen LogP contribution is -2.79. The van der Waals surface area contributed by atoms with Gasteiger partial charge in [0.15, 0.2) is 5.60 Å². The summed E-state index contributed by atoms with van der Waals surface area (Å²) in [5.74, 6) is -1.03. The molecule has 0 saturated carbocycles. The van der Waals surface area contributed by atoms with Gasteiger partial charge in [0.25, 0.3) is 0 Å². The van der Waals surface area contributed by atoms with E-state index in [0.29, 0.717) is 12.3 Å². The van der Waals surface area contributed by atoms with Crippen molar-refractivity contribution in [3.8, 4) is 0 Å². The Bertz CT molecular complexity index is 700. The van der Waals surface area contributed by atoms with Gasteiger partial charge in [0.05, 0.1) is 5.92 Å². The first-order chi connectivity index (χ1) is 12.0. The van der Waals surface area contributed by atoms with Gasteiger partial charge in [0.2, 0.25) is 11.4 Å². The smallest absolute Gasteiger partial charge is 0.339 e. The summed E-state index contributed by atoms with van der Waals surface area (Å²) in [4.78, 5) is 25.0. The van der Waals surface area contributed by atoms with Gasteiger partial charge in [-0.2, -0.15) is 0 Å². The van der Waals surface area contributed by atoms with E-state index >= 15 is 0 Å². The number of aliphatic hydroxyl groups excluding tert-OH is 1. The van der Waals surface area contributed by atoms with E-state index in [-0.39, 0.29) is 5.91 Å². The zero-order valence-electron chi connectivity index (χ0n) is 14.4. The SMILES string of the molecule is C[C@@]12OC(=O)[C@]1([C@@H](O)C1=CCCC3=C1CCCC3)NC(=O)[C@@H]2CCCl. The Hall–Kier alpha value is -1.33.